The van der Waals surface area contributed by atoms with Gasteiger partial charge in [0.1, 0.15) is 6.10 Å². The second-order valence-electron chi connectivity index (χ2n) is 6.95. The fraction of sp³-hybridized carbons (Fsp3) is 0.364. The number of benzene rings is 2. The number of anilines is 1. The molecule has 0 fully saturated rings. The van der Waals surface area contributed by atoms with Crippen molar-refractivity contribution in [2.24, 2.45) is 4.99 Å². The Kier molecular flexibility index (Phi) is 9.35. The van der Waals surface area contributed by atoms with Gasteiger partial charge in [-0.2, -0.15) is 0 Å². The van der Waals surface area contributed by atoms with Gasteiger partial charge in [0.15, 0.2) is 17.5 Å². The van der Waals surface area contributed by atoms with Crippen molar-refractivity contribution in [1.29, 1.82) is 0 Å². The summed E-state index contributed by atoms with van der Waals surface area (Å²) >= 11 is 0. The normalized spacial score (nSPS) is 16.6. The van der Waals surface area contributed by atoms with E-state index < -0.39 is 0 Å². The molecule has 1 amide bonds. The van der Waals surface area contributed by atoms with Gasteiger partial charge in [-0.3, -0.25) is 9.79 Å². The van der Waals surface area contributed by atoms with Crippen molar-refractivity contribution in [3.05, 3.63) is 59.9 Å². The van der Waals surface area contributed by atoms with Crippen LogP contribution in [-0.2, 0) is 4.79 Å². The van der Waals surface area contributed by atoms with E-state index in [1.165, 1.54) is 6.07 Å². The maximum absolute atomic E-state index is 13.8. The van der Waals surface area contributed by atoms with Crippen LogP contribution in [0.1, 0.15) is 31.2 Å². The van der Waals surface area contributed by atoms with Crippen LogP contribution in [0.15, 0.2) is 53.5 Å². The Morgan fingerprint density at radius 3 is 2.70 bits per heavy atom. The third-order valence-electron chi connectivity index (χ3n) is 4.93. The molecule has 0 spiro atoms. The highest BCUT2D eigenvalue weighted by molar-refractivity contribution is 14.0. The van der Waals surface area contributed by atoms with Gasteiger partial charge >= 0.3 is 0 Å². The first-order valence-corrected chi connectivity index (χ1v) is 9.85. The smallest absolute Gasteiger partial charge is 0.225 e. The molecule has 162 valence electrons. The summed E-state index contributed by atoms with van der Waals surface area (Å²) in [4.78, 5) is 16.2. The number of fused-ring (bicyclic) bond motifs is 1. The van der Waals surface area contributed by atoms with Crippen LogP contribution in [0.5, 0.6) is 5.75 Å². The molecule has 0 radical (unpaired) electrons. The van der Waals surface area contributed by atoms with Crippen LogP contribution in [0, 0.1) is 5.82 Å². The van der Waals surface area contributed by atoms with Crippen molar-refractivity contribution in [1.82, 2.24) is 10.6 Å². The largest absolute Gasteiger partial charge is 0.486 e. The van der Waals surface area contributed by atoms with Gasteiger partial charge in [-0.25, -0.2) is 4.39 Å². The number of rotatable bonds is 7. The second kappa shape index (κ2) is 11.7. The molecule has 6 nitrogen and oxygen atoms in total. The molecule has 8 heteroatoms. The molecule has 1 aliphatic rings. The van der Waals surface area contributed by atoms with Crippen molar-refractivity contribution in [2.75, 3.05) is 25.5 Å². The van der Waals surface area contributed by atoms with E-state index in [9.17, 15) is 9.18 Å². The number of nitrogens with one attached hydrogen (secondary N) is 3. The Balaban J connectivity index is 0.00000320. The summed E-state index contributed by atoms with van der Waals surface area (Å²) < 4.78 is 19.6. The number of carbonyl (C=O) groups is 1. The Labute approximate surface area is 193 Å². The van der Waals surface area contributed by atoms with Crippen molar-refractivity contribution >= 4 is 41.5 Å². The number of hydrogen-bond acceptors (Lipinski definition) is 3. The molecule has 0 saturated heterocycles. The van der Waals surface area contributed by atoms with Crippen molar-refractivity contribution in [3.63, 3.8) is 0 Å². The fourth-order valence-electron chi connectivity index (χ4n) is 3.32. The van der Waals surface area contributed by atoms with Gasteiger partial charge in [0, 0.05) is 31.6 Å². The van der Waals surface area contributed by atoms with Gasteiger partial charge < -0.3 is 20.7 Å². The van der Waals surface area contributed by atoms with E-state index in [-0.39, 0.29) is 53.5 Å². The molecule has 0 aromatic heterocycles. The van der Waals surface area contributed by atoms with Crippen LogP contribution in [0.4, 0.5) is 10.1 Å². The minimum atomic E-state index is -0.373. The Morgan fingerprint density at radius 2 is 1.97 bits per heavy atom. The van der Waals surface area contributed by atoms with Crippen molar-refractivity contribution < 1.29 is 13.9 Å². The van der Waals surface area contributed by atoms with Crippen molar-refractivity contribution in [2.45, 2.75) is 31.8 Å². The van der Waals surface area contributed by atoms with Gasteiger partial charge in [0.05, 0.1) is 6.54 Å². The molecule has 30 heavy (non-hydrogen) atoms. The third-order valence-corrected chi connectivity index (χ3v) is 4.93. The van der Waals surface area contributed by atoms with E-state index in [4.69, 9.17) is 4.74 Å². The van der Waals surface area contributed by atoms with Gasteiger partial charge in [-0.15, -0.1) is 24.0 Å². The number of ether oxygens (including phenoxy) is 1. The fourth-order valence-corrected chi connectivity index (χ4v) is 3.32. The van der Waals surface area contributed by atoms with E-state index in [1.54, 1.807) is 25.2 Å². The lowest BCUT2D eigenvalue weighted by Gasteiger charge is -2.26. The zero-order valence-electron chi connectivity index (χ0n) is 17.2. The summed E-state index contributed by atoms with van der Waals surface area (Å²) in [5.74, 6) is 0.568. The summed E-state index contributed by atoms with van der Waals surface area (Å²) in [5, 5.41) is 9.42. The van der Waals surface area contributed by atoms with Gasteiger partial charge in [0.25, 0.3) is 0 Å². The highest BCUT2D eigenvalue weighted by Crippen LogP contribution is 2.31. The summed E-state index contributed by atoms with van der Waals surface area (Å²) in [7, 11) is 1.69. The first-order chi connectivity index (χ1) is 14.1. The van der Waals surface area contributed by atoms with Crippen LogP contribution in [0.25, 0.3) is 0 Å². The Bertz CT molecular complexity index is 878. The zero-order chi connectivity index (χ0) is 20.6. The zero-order valence-corrected chi connectivity index (χ0v) is 19.5. The molecule has 3 rings (SSSR count). The lowest BCUT2D eigenvalue weighted by molar-refractivity contribution is -0.116. The summed E-state index contributed by atoms with van der Waals surface area (Å²) in [6.07, 6.45) is 0.940. The standard InChI is InChI=1S/C22H27FN4O2.HI/c1-3-16(29-20-11-7-5-9-18(20)23)14-26-22(24-2)25-13-15-12-21(28)27-19-10-6-4-8-17(15)19;/h4-11,15-16H,3,12-14H2,1-2H3,(H,27,28)(H2,24,25,26);1H. The number of guanidine groups is 1. The molecule has 1 heterocycles. The molecule has 1 aliphatic heterocycles. The number of carbonyl (C=O) groups excluding carboxylic acids is 1. The maximum atomic E-state index is 13.8. The molecular weight excluding hydrogens is 498 g/mol. The van der Waals surface area contributed by atoms with Crippen molar-refractivity contribution in [3.8, 4) is 5.75 Å². The highest BCUT2D eigenvalue weighted by atomic mass is 127. The van der Waals surface area contributed by atoms with Gasteiger partial charge in [0.2, 0.25) is 5.91 Å². The number of amides is 1. The quantitative estimate of drug-likeness (QED) is 0.291. The topological polar surface area (TPSA) is 74.8 Å². The number of para-hydroxylation sites is 2. The van der Waals surface area contributed by atoms with E-state index in [2.05, 4.69) is 20.9 Å². The van der Waals surface area contributed by atoms with E-state index in [0.717, 1.165) is 11.3 Å². The number of halogens is 2. The highest BCUT2D eigenvalue weighted by Gasteiger charge is 2.24. The molecule has 3 N–H and O–H groups in total. The maximum Gasteiger partial charge on any atom is 0.225 e. The predicted molar refractivity (Wildman–Crippen MR) is 128 cm³/mol. The summed E-state index contributed by atoms with van der Waals surface area (Å²) in [6, 6.07) is 14.2. The minimum Gasteiger partial charge on any atom is -0.486 e. The molecular formula is C22H28FIN4O2. The van der Waals surface area contributed by atoms with E-state index in [0.29, 0.717) is 31.9 Å². The third kappa shape index (κ3) is 6.32. The first-order valence-electron chi connectivity index (χ1n) is 9.85. The van der Waals surface area contributed by atoms with Crippen LogP contribution < -0.4 is 20.7 Å². The summed E-state index contributed by atoms with van der Waals surface area (Å²) in [6.45, 7) is 3.04. The summed E-state index contributed by atoms with van der Waals surface area (Å²) in [5.41, 5.74) is 1.98. The average Bonchev–Trinajstić information content (AvgIpc) is 2.74. The van der Waals surface area contributed by atoms with E-state index >= 15 is 0 Å². The second-order valence-corrected chi connectivity index (χ2v) is 6.95. The van der Waals surface area contributed by atoms with E-state index in [1.807, 2.05) is 31.2 Å². The monoisotopic (exact) mass is 526 g/mol. The SMILES string of the molecule is CCC(CNC(=NC)NCC1CC(=O)Nc2ccccc21)Oc1ccccc1F.I. The molecule has 2 aromatic carbocycles. The average molecular weight is 526 g/mol. The molecule has 0 saturated carbocycles. The Hall–Kier alpha value is -2.36. The van der Waals surface area contributed by atoms with Gasteiger partial charge in [-0.1, -0.05) is 37.3 Å². The predicted octanol–water partition coefficient (Wildman–Crippen LogP) is 3.89. The van der Waals surface area contributed by atoms with Crippen LogP contribution >= 0.6 is 24.0 Å². The molecule has 0 bridgehead atoms. The van der Waals surface area contributed by atoms with Crippen LogP contribution in [0.2, 0.25) is 0 Å². The molecule has 2 aromatic rings. The number of hydrogen-bond donors (Lipinski definition) is 3. The minimum absolute atomic E-state index is 0. The first kappa shape index (κ1) is 23.9. The van der Waals surface area contributed by atoms with Crippen LogP contribution in [0.3, 0.4) is 0 Å². The van der Waals surface area contributed by atoms with Crippen LogP contribution in [-0.4, -0.2) is 38.1 Å². The lowest BCUT2D eigenvalue weighted by Crippen LogP contribution is -2.44. The molecule has 0 aliphatic carbocycles. The van der Waals surface area contributed by atoms with Gasteiger partial charge in [-0.05, 0) is 30.2 Å². The lowest BCUT2D eigenvalue weighted by atomic mass is 9.90. The Morgan fingerprint density at radius 1 is 1.23 bits per heavy atom. The number of nitrogens with zero attached hydrogens (tertiary/aromatic N) is 1. The molecule has 2 atom stereocenters. The number of aliphatic imine (C=N–C) groups is 1. The molecule has 2 unspecified atom stereocenters.